The number of rotatable bonds is 4. The Morgan fingerprint density at radius 2 is 1.88 bits per heavy atom. The van der Waals surface area contributed by atoms with Gasteiger partial charge >= 0.3 is 0 Å². The molecule has 134 valence electrons. The van der Waals surface area contributed by atoms with Gasteiger partial charge in [0.2, 0.25) is 10.0 Å². The molecule has 25 heavy (non-hydrogen) atoms. The Morgan fingerprint density at radius 1 is 1.20 bits per heavy atom. The molecule has 1 aromatic heterocycles. The van der Waals surface area contributed by atoms with Crippen LogP contribution in [0.4, 0.5) is 0 Å². The van der Waals surface area contributed by atoms with Gasteiger partial charge in [0.1, 0.15) is 10.6 Å². The fourth-order valence-corrected chi connectivity index (χ4v) is 5.01. The van der Waals surface area contributed by atoms with Gasteiger partial charge in [0.25, 0.3) is 5.91 Å². The van der Waals surface area contributed by atoms with E-state index in [9.17, 15) is 13.2 Å². The molecule has 0 N–H and O–H groups in total. The van der Waals surface area contributed by atoms with E-state index in [0.29, 0.717) is 35.8 Å². The highest BCUT2D eigenvalue weighted by Gasteiger charge is 2.33. The van der Waals surface area contributed by atoms with Crippen LogP contribution >= 0.6 is 0 Å². The first-order chi connectivity index (χ1) is 11.9. The van der Waals surface area contributed by atoms with E-state index in [1.165, 1.54) is 11.4 Å². The second-order valence-corrected chi connectivity index (χ2v) is 7.93. The smallest absolute Gasteiger partial charge is 0.278 e. The van der Waals surface area contributed by atoms with Gasteiger partial charge in [-0.15, -0.1) is 0 Å². The number of hydrogen-bond donors (Lipinski definition) is 0. The number of carbonyl (C=O) groups is 1. The Bertz CT molecular complexity index is 912. The lowest BCUT2D eigenvalue weighted by molar-refractivity contribution is 0.0941. The first-order valence-electron chi connectivity index (χ1n) is 8.11. The van der Waals surface area contributed by atoms with Crippen molar-refractivity contribution < 1.29 is 17.9 Å². The van der Waals surface area contributed by atoms with E-state index in [-0.39, 0.29) is 10.8 Å². The van der Waals surface area contributed by atoms with Crippen molar-refractivity contribution in [1.82, 2.24) is 14.1 Å². The lowest BCUT2D eigenvalue weighted by atomic mass is 10.2. The Labute approximate surface area is 147 Å². The molecule has 2 heterocycles. The minimum atomic E-state index is -3.63. The molecule has 8 heteroatoms. The Kier molecular flexibility index (Phi) is 4.66. The Hall–Kier alpha value is -2.19. The number of hydrogen-bond acceptors (Lipinski definition) is 5. The number of ether oxygens (including phenoxy) is 1. The van der Waals surface area contributed by atoms with Gasteiger partial charge < -0.3 is 4.74 Å². The quantitative estimate of drug-likeness (QED) is 0.830. The number of nitrogens with zero attached hydrogens (tertiary/aromatic N) is 3. The van der Waals surface area contributed by atoms with Crippen molar-refractivity contribution >= 4 is 15.9 Å². The molecule has 1 fully saturated rings. The van der Waals surface area contributed by atoms with Crippen molar-refractivity contribution in [3.8, 4) is 5.75 Å². The summed E-state index contributed by atoms with van der Waals surface area (Å²) in [7, 11) is -2.11. The molecule has 0 aliphatic carbocycles. The molecular weight excluding hydrogens is 342 g/mol. The van der Waals surface area contributed by atoms with Crippen molar-refractivity contribution in [2.75, 3.05) is 20.2 Å². The second kappa shape index (κ2) is 6.61. The van der Waals surface area contributed by atoms with Gasteiger partial charge in [-0.05, 0) is 44.9 Å². The lowest BCUT2D eigenvalue weighted by Gasteiger charge is -2.15. The molecule has 1 aliphatic rings. The largest absolute Gasteiger partial charge is 0.497 e. The number of sulfonamides is 1. The number of aromatic nitrogens is 2. The lowest BCUT2D eigenvalue weighted by Crippen LogP contribution is -2.29. The van der Waals surface area contributed by atoms with Crippen LogP contribution in [-0.2, 0) is 10.0 Å². The van der Waals surface area contributed by atoms with E-state index in [1.807, 2.05) is 0 Å². The summed E-state index contributed by atoms with van der Waals surface area (Å²) in [6.07, 6.45) is 1.71. The summed E-state index contributed by atoms with van der Waals surface area (Å²) in [5.41, 5.74) is 1.05. The third-order valence-electron chi connectivity index (χ3n) is 4.40. The summed E-state index contributed by atoms with van der Waals surface area (Å²) in [4.78, 5) is 12.9. The maximum atomic E-state index is 12.9. The molecule has 0 spiro atoms. The monoisotopic (exact) mass is 363 g/mol. The number of aryl methyl sites for hydroxylation is 1. The maximum Gasteiger partial charge on any atom is 0.278 e. The van der Waals surface area contributed by atoms with Crippen molar-refractivity contribution in [2.24, 2.45) is 0 Å². The zero-order valence-electron chi connectivity index (χ0n) is 14.5. The molecule has 7 nitrogen and oxygen atoms in total. The zero-order valence-corrected chi connectivity index (χ0v) is 15.3. The average Bonchev–Trinajstić information content (AvgIpc) is 3.23. The van der Waals surface area contributed by atoms with E-state index >= 15 is 0 Å². The van der Waals surface area contributed by atoms with Crippen molar-refractivity contribution in [2.45, 2.75) is 31.6 Å². The van der Waals surface area contributed by atoms with E-state index < -0.39 is 10.0 Å². The van der Waals surface area contributed by atoms with Gasteiger partial charge in [0.15, 0.2) is 0 Å². The summed E-state index contributed by atoms with van der Waals surface area (Å²) in [6, 6.07) is 6.70. The molecule has 0 radical (unpaired) electrons. The van der Waals surface area contributed by atoms with E-state index in [2.05, 4.69) is 5.10 Å². The van der Waals surface area contributed by atoms with Crippen molar-refractivity contribution in [3.63, 3.8) is 0 Å². The summed E-state index contributed by atoms with van der Waals surface area (Å²) < 4.78 is 33.5. The standard InChI is InChI=1S/C17H21N3O4S/c1-12-16(25(22,23)19-9-4-5-10-19)13(2)20(18-12)17(21)14-7-6-8-15(11-14)24-3/h6-8,11H,4-5,9-10H2,1-3H3. The minimum absolute atomic E-state index is 0.130. The van der Waals surface area contributed by atoms with Gasteiger partial charge in [-0.25, -0.2) is 8.42 Å². The predicted octanol–water partition coefficient (Wildman–Crippen LogP) is 1.98. The highest BCUT2D eigenvalue weighted by molar-refractivity contribution is 7.89. The Morgan fingerprint density at radius 3 is 2.52 bits per heavy atom. The predicted molar refractivity (Wildman–Crippen MR) is 92.4 cm³/mol. The normalized spacial score (nSPS) is 15.5. The van der Waals surface area contributed by atoms with Crippen LogP contribution in [0, 0.1) is 13.8 Å². The van der Waals surface area contributed by atoms with Crippen LogP contribution < -0.4 is 4.74 Å². The van der Waals surface area contributed by atoms with Crippen molar-refractivity contribution in [3.05, 3.63) is 41.2 Å². The minimum Gasteiger partial charge on any atom is -0.497 e. The SMILES string of the molecule is COc1cccc(C(=O)n2nc(C)c(S(=O)(=O)N3CCCC3)c2C)c1. The van der Waals surface area contributed by atoms with Gasteiger partial charge in [-0.1, -0.05) is 6.07 Å². The molecule has 1 aliphatic heterocycles. The van der Waals surface area contributed by atoms with Crippen LogP contribution in [0.25, 0.3) is 0 Å². The van der Waals surface area contributed by atoms with E-state index in [4.69, 9.17) is 4.74 Å². The first-order valence-corrected chi connectivity index (χ1v) is 9.55. The molecule has 0 amide bonds. The molecule has 3 rings (SSSR count). The molecule has 0 unspecified atom stereocenters. The second-order valence-electron chi connectivity index (χ2n) is 6.06. The summed E-state index contributed by atoms with van der Waals surface area (Å²) >= 11 is 0. The summed E-state index contributed by atoms with van der Waals surface area (Å²) in [5, 5.41) is 4.20. The summed E-state index contributed by atoms with van der Waals surface area (Å²) in [6.45, 7) is 4.25. The third-order valence-corrected chi connectivity index (χ3v) is 6.55. The molecule has 0 atom stereocenters. The molecule has 0 bridgehead atoms. The van der Waals surface area contributed by atoms with Gasteiger partial charge in [0, 0.05) is 18.7 Å². The van der Waals surface area contributed by atoms with Gasteiger partial charge in [-0.2, -0.15) is 14.1 Å². The van der Waals surface area contributed by atoms with Crippen LogP contribution in [0.5, 0.6) is 5.75 Å². The van der Waals surface area contributed by atoms with Gasteiger partial charge in [-0.3, -0.25) is 4.79 Å². The highest BCUT2D eigenvalue weighted by atomic mass is 32.2. The highest BCUT2D eigenvalue weighted by Crippen LogP contribution is 2.27. The topological polar surface area (TPSA) is 81.5 Å². The van der Waals surface area contributed by atoms with Crippen LogP contribution in [0.2, 0.25) is 0 Å². The average molecular weight is 363 g/mol. The van der Waals surface area contributed by atoms with Crippen molar-refractivity contribution in [1.29, 1.82) is 0 Å². The van der Waals surface area contributed by atoms with Crippen LogP contribution in [0.1, 0.15) is 34.6 Å². The number of methoxy groups -OCH3 is 1. The summed E-state index contributed by atoms with van der Waals surface area (Å²) in [5.74, 6) is 0.166. The molecular formula is C17H21N3O4S. The first kappa shape index (κ1) is 17.6. The third kappa shape index (κ3) is 3.07. The van der Waals surface area contributed by atoms with Gasteiger partial charge in [0.05, 0.1) is 18.5 Å². The molecule has 1 aromatic carbocycles. The maximum absolute atomic E-state index is 12.9. The number of benzene rings is 1. The van der Waals surface area contributed by atoms with E-state index in [0.717, 1.165) is 17.5 Å². The molecule has 0 saturated carbocycles. The van der Waals surface area contributed by atoms with E-state index in [1.54, 1.807) is 38.1 Å². The fourth-order valence-electron chi connectivity index (χ4n) is 3.14. The number of carbonyl (C=O) groups excluding carboxylic acids is 1. The molecule has 2 aromatic rings. The Balaban J connectivity index is 2.03. The fraction of sp³-hybridized carbons (Fsp3) is 0.412. The van der Waals surface area contributed by atoms with Crippen LogP contribution in [-0.4, -0.2) is 48.6 Å². The zero-order chi connectivity index (χ0) is 18.2. The van der Waals surface area contributed by atoms with Crippen LogP contribution in [0.3, 0.4) is 0 Å². The van der Waals surface area contributed by atoms with Crippen LogP contribution in [0.15, 0.2) is 29.2 Å². The molecule has 1 saturated heterocycles.